The van der Waals surface area contributed by atoms with Crippen molar-refractivity contribution in [1.29, 1.82) is 5.26 Å². The van der Waals surface area contributed by atoms with Crippen LogP contribution in [0.2, 0.25) is 0 Å². The van der Waals surface area contributed by atoms with Crippen molar-refractivity contribution in [1.82, 2.24) is 0 Å². The van der Waals surface area contributed by atoms with Gasteiger partial charge in [-0.3, -0.25) is 0 Å². The Morgan fingerprint density at radius 3 is 2.86 bits per heavy atom. The van der Waals surface area contributed by atoms with E-state index in [9.17, 15) is 0 Å². The second-order valence-corrected chi connectivity index (χ2v) is 3.63. The van der Waals surface area contributed by atoms with Crippen LogP contribution < -0.4 is 4.74 Å². The highest BCUT2D eigenvalue weighted by atomic mass is 79.9. The van der Waals surface area contributed by atoms with Crippen LogP contribution in [0.3, 0.4) is 0 Å². The van der Waals surface area contributed by atoms with Crippen molar-refractivity contribution in [3.05, 3.63) is 29.8 Å². The van der Waals surface area contributed by atoms with Gasteiger partial charge >= 0.3 is 0 Å². The van der Waals surface area contributed by atoms with E-state index < -0.39 is 0 Å². The van der Waals surface area contributed by atoms with E-state index in [1.165, 1.54) is 0 Å². The van der Waals surface area contributed by atoms with Crippen LogP contribution >= 0.6 is 15.9 Å². The molecule has 14 heavy (non-hydrogen) atoms. The number of para-hydroxylation sites is 1. The molecule has 0 saturated carbocycles. The van der Waals surface area contributed by atoms with E-state index in [4.69, 9.17) is 10.00 Å². The van der Waals surface area contributed by atoms with Gasteiger partial charge in [0.05, 0.1) is 19.1 Å². The molecule has 1 aromatic carbocycles. The van der Waals surface area contributed by atoms with Gasteiger partial charge in [-0.05, 0) is 12.5 Å². The van der Waals surface area contributed by atoms with Gasteiger partial charge in [-0.15, -0.1) is 0 Å². The number of hydrogen-bond acceptors (Lipinski definition) is 2. The zero-order chi connectivity index (χ0) is 10.2. The number of halogens is 1. The number of nitriles is 1. The van der Waals surface area contributed by atoms with E-state index >= 15 is 0 Å². The van der Waals surface area contributed by atoms with Crippen LogP contribution in [0.1, 0.15) is 12.0 Å². The van der Waals surface area contributed by atoms with Gasteiger partial charge in [0.15, 0.2) is 0 Å². The standard InChI is InChI=1S/C11H12BrNO/c12-7-3-9-14-11-5-2-1-4-10(11)6-8-13/h1-2,4-5H,3,6-7,9H2. The lowest BCUT2D eigenvalue weighted by atomic mass is 10.1. The van der Waals surface area contributed by atoms with Crippen molar-refractivity contribution in [3.63, 3.8) is 0 Å². The van der Waals surface area contributed by atoms with Crippen molar-refractivity contribution in [2.75, 3.05) is 11.9 Å². The molecule has 0 unspecified atom stereocenters. The minimum atomic E-state index is 0.407. The van der Waals surface area contributed by atoms with Gasteiger partial charge < -0.3 is 4.74 Å². The minimum Gasteiger partial charge on any atom is -0.493 e. The van der Waals surface area contributed by atoms with E-state index in [0.717, 1.165) is 23.1 Å². The fraction of sp³-hybridized carbons (Fsp3) is 0.364. The molecule has 1 aromatic rings. The maximum absolute atomic E-state index is 8.60. The van der Waals surface area contributed by atoms with Gasteiger partial charge in [0.2, 0.25) is 0 Å². The zero-order valence-corrected chi connectivity index (χ0v) is 9.46. The largest absolute Gasteiger partial charge is 0.493 e. The van der Waals surface area contributed by atoms with Gasteiger partial charge in [-0.2, -0.15) is 5.26 Å². The van der Waals surface area contributed by atoms with Crippen LogP contribution in [-0.4, -0.2) is 11.9 Å². The minimum absolute atomic E-state index is 0.407. The second-order valence-electron chi connectivity index (χ2n) is 2.83. The van der Waals surface area contributed by atoms with Gasteiger partial charge in [0, 0.05) is 10.9 Å². The Balaban J connectivity index is 2.60. The Morgan fingerprint density at radius 1 is 1.36 bits per heavy atom. The molecule has 0 aliphatic carbocycles. The van der Waals surface area contributed by atoms with Crippen LogP contribution in [0.15, 0.2) is 24.3 Å². The lowest BCUT2D eigenvalue weighted by Crippen LogP contribution is -2.00. The number of rotatable bonds is 5. The smallest absolute Gasteiger partial charge is 0.123 e. The summed E-state index contributed by atoms with van der Waals surface area (Å²) in [5.41, 5.74) is 0.963. The molecule has 0 heterocycles. The van der Waals surface area contributed by atoms with Crippen molar-refractivity contribution in [2.24, 2.45) is 0 Å². The molecule has 0 saturated heterocycles. The van der Waals surface area contributed by atoms with Crippen LogP contribution in [0.25, 0.3) is 0 Å². The normalized spacial score (nSPS) is 9.43. The highest BCUT2D eigenvalue weighted by molar-refractivity contribution is 9.09. The molecule has 2 nitrogen and oxygen atoms in total. The summed E-state index contributed by atoms with van der Waals surface area (Å²) in [5, 5.41) is 9.54. The summed E-state index contributed by atoms with van der Waals surface area (Å²) in [6.07, 6.45) is 1.38. The molecular weight excluding hydrogens is 242 g/mol. The number of alkyl halides is 1. The Morgan fingerprint density at radius 2 is 2.14 bits per heavy atom. The molecule has 0 spiro atoms. The molecule has 0 atom stereocenters. The molecule has 0 bridgehead atoms. The molecule has 74 valence electrons. The van der Waals surface area contributed by atoms with Crippen LogP contribution in [0, 0.1) is 11.3 Å². The molecule has 3 heteroatoms. The Hall–Kier alpha value is -1.01. The number of nitrogens with zero attached hydrogens (tertiary/aromatic N) is 1. The van der Waals surface area contributed by atoms with Crippen molar-refractivity contribution >= 4 is 15.9 Å². The Labute approximate surface area is 92.6 Å². The Bertz CT molecular complexity index is 319. The van der Waals surface area contributed by atoms with Gasteiger partial charge in [-0.25, -0.2) is 0 Å². The first-order valence-corrected chi connectivity index (χ1v) is 5.64. The zero-order valence-electron chi connectivity index (χ0n) is 7.87. The molecule has 0 aliphatic rings. The fourth-order valence-electron chi connectivity index (χ4n) is 1.11. The highest BCUT2D eigenvalue weighted by Gasteiger charge is 2.01. The third-order valence-corrected chi connectivity index (χ3v) is 2.34. The maximum atomic E-state index is 8.60. The van der Waals surface area contributed by atoms with Crippen molar-refractivity contribution < 1.29 is 4.74 Å². The summed E-state index contributed by atoms with van der Waals surface area (Å²) in [6, 6.07) is 9.79. The lowest BCUT2D eigenvalue weighted by molar-refractivity contribution is 0.316. The fourth-order valence-corrected chi connectivity index (χ4v) is 1.34. The molecule has 0 amide bonds. The van der Waals surface area contributed by atoms with Gasteiger partial charge in [0.25, 0.3) is 0 Å². The quantitative estimate of drug-likeness (QED) is 0.597. The predicted octanol–water partition coefficient (Wildman–Crippen LogP) is 2.92. The summed E-state index contributed by atoms with van der Waals surface area (Å²) in [5.74, 6) is 0.829. The number of benzene rings is 1. The average molecular weight is 254 g/mol. The molecule has 0 radical (unpaired) electrons. The van der Waals surface area contributed by atoms with E-state index in [1.807, 2.05) is 24.3 Å². The third-order valence-electron chi connectivity index (χ3n) is 1.78. The first-order valence-electron chi connectivity index (χ1n) is 4.52. The highest BCUT2D eigenvalue weighted by Crippen LogP contribution is 2.18. The van der Waals surface area contributed by atoms with Gasteiger partial charge in [0.1, 0.15) is 5.75 Å². The molecule has 0 aliphatic heterocycles. The summed E-state index contributed by atoms with van der Waals surface area (Å²) in [6.45, 7) is 0.688. The summed E-state index contributed by atoms with van der Waals surface area (Å²) >= 11 is 3.34. The molecule has 1 rings (SSSR count). The van der Waals surface area contributed by atoms with Crippen LogP contribution in [0.5, 0.6) is 5.75 Å². The first-order chi connectivity index (χ1) is 6.88. The van der Waals surface area contributed by atoms with Crippen molar-refractivity contribution in [3.8, 4) is 11.8 Å². The molecule has 0 N–H and O–H groups in total. The molecule has 0 fully saturated rings. The van der Waals surface area contributed by atoms with Gasteiger partial charge in [-0.1, -0.05) is 34.1 Å². The lowest BCUT2D eigenvalue weighted by Gasteiger charge is -2.08. The predicted molar refractivity (Wildman–Crippen MR) is 59.7 cm³/mol. The number of hydrogen-bond donors (Lipinski definition) is 0. The Kier molecular flexibility index (Phi) is 5.09. The number of ether oxygens (including phenoxy) is 1. The molecule has 0 aromatic heterocycles. The SMILES string of the molecule is N#CCc1ccccc1OCCCBr. The maximum Gasteiger partial charge on any atom is 0.123 e. The summed E-state index contributed by atoms with van der Waals surface area (Å²) in [7, 11) is 0. The van der Waals surface area contributed by atoms with E-state index in [1.54, 1.807) is 0 Å². The van der Waals surface area contributed by atoms with E-state index in [2.05, 4.69) is 22.0 Å². The van der Waals surface area contributed by atoms with Crippen LogP contribution in [0.4, 0.5) is 0 Å². The monoisotopic (exact) mass is 253 g/mol. The second kappa shape index (κ2) is 6.44. The average Bonchev–Trinajstić information content (AvgIpc) is 2.21. The first kappa shape index (κ1) is 11.1. The molecular formula is C11H12BrNO. The topological polar surface area (TPSA) is 33.0 Å². The summed E-state index contributed by atoms with van der Waals surface area (Å²) in [4.78, 5) is 0. The van der Waals surface area contributed by atoms with Crippen molar-refractivity contribution in [2.45, 2.75) is 12.8 Å². The summed E-state index contributed by atoms with van der Waals surface area (Å²) < 4.78 is 5.55. The van der Waals surface area contributed by atoms with E-state index in [0.29, 0.717) is 13.0 Å². The third kappa shape index (κ3) is 3.39. The van der Waals surface area contributed by atoms with E-state index in [-0.39, 0.29) is 0 Å². The van der Waals surface area contributed by atoms with Crippen LogP contribution in [-0.2, 0) is 6.42 Å².